The number of carbonyl (C=O) groups is 4. The number of hydrogen-bond acceptors (Lipinski definition) is 11. The molecule has 0 aliphatic carbocycles. The van der Waals surface area contributed by atoms with Crippen LogP contribution in [0.1, 0.15) is 278 Å². The van der Waals surface area contributed by atoms with Gasteiger partial charge in [0.1, 0.15) is 18.8 Å². The molecule has 0 amide bonds. The number of aliphatic hydroxyl groups is 2. The van der Waals surface area contributed by atoms with E-state index in [0.29, 0.717) is 19.3 Å². The molecule has 6 unspecified atom stereocenters. The van der Waals surface area contributed by atoms with Gasteiger partial charge < -0.3 is 39.0 Å². The van der Waals surface area contributed by atoms with Crippen LogP contribution >= 0.6 is 0 Å². The highest BCUT2D eigenvalue weighted by Gasteiger charge is 2.50. The van der Waals surface area contributed by atoms with Crippen LogP contribution in [0.4, 0.5) is 0 Å². The van der Waals surface area contributed by atoms with Crippen LogP contribution in [-0.2, 0) is 42.9 Å². The summed E-state index contributed by atoms with van der Waals surface area (Å²) in [6, 6.07) is 0. The SMILES string of the molecule is CC/C=C\C/C=C\C/C=C\C/C=C\C/C=C\CCCCCC(=O)OCC(COC1OC(C(=O)O)C(O)C(O)C1OC(=O)CCCCCCCCCCC/C=C\CCCCCCCC)OC(=O)CCCCCCCC/C=C\C/C=C\C/C=C\C/C=C\CC. The van der Waals surface area contributed by atoms with Crippen molar-refractivity contribution < 1.29 is 58.2 Å². The van der Waals surface area contributed by atoms with E-state index in [4.69, 9.17) is 23.7 Å². The fourth-order valence-electron chi connectivity index (χ4n) is 9.79. The zero-order valence-electron chi connectivity index (χ0n) is 54.7. The smallest absolute Gasteiger partial charge is 0.335 e. The lowest BCUT2D eigenvalue weighted by Gasteiger charge is -2.40. The summed E-state index contributed by atoms with van der Waals surface area (Å²) in [4.78, 5) is 51.5. The van der Waals surface area contributed by atoms with Crippen LogP contribution in [0, 0.1) is 0 Å². The van der Waals surface area contributed by atoms with Crippen LogP contribution in [0.3, 0.4) is 0 Å². The van der Waals surface area contributed by atoms with E-state index in [2.05, 4.69) is 142 Å². The second kappa shape index (κ2) is 61.4. The van der Waals surface area contributed by atoms with Crippen molar-refractivity contribution in [2.45, 2.75) is 314 Å². The maximum atomic E-state index is 13.2. The third kappa shape index (κ3) is 50.7. The monoisotopic (exact) mass is 1210 g/mol. The number of rotatable bonds is 58. The zero-order chi connectivity index (χ0) is 63.1. The van der Waals surface area contributed by atoms with E-state index in [-0.39, 0.29) is 25.9 Å². The van der Waals surface area contributed by atoms with E-state index in [1.807, 2.05) is 0 Å². The Morgan fingerprint density at radius 2 is 0.724 bits per heavy atom. The van der Waals surface area contributed by atoms with Gasteiger partial charge in [0.2, 0.25) is 0 Å². The molecule has 1 heterocycles. The van der Waals surface area contributed by atoms with Gasteiger partial charge in [0.25, 0.3) is 0 Å². The third-order valence-electron chi connectivity index (χ3n) is 15.0. The van der Waals surface area contributed by atoms with Crippen LogP contribution < -0.4 is 0 Å². The van der Waals surface area contributed by atoms with Crippen molar-refractivity contribution >= 4 is 23.9 Å². The van der Waals surface area contributed by atoms with Crippen molar-refractivity contribution in [1.82, 2.24) is 0 Å². The maximum Gasteiger partial charge on any atom is 0.335 e. The minimum atomic E-state index is -1.92. The normalized spacial score (nSPS) is 18.1. The molecule has 1 aliphatic rings. The van der Waals surface area contributed by atoms with Gasteiger partial charge in [-0.3, -0.25) is 14.4 Å². The van der Waals surface area contributed by atoms with E-state index in [1.165, 1.54) is 70.6 Å². The largest absolute Gasteiger partial charge is 0.479 e. The van der Waals surface area contributed by atoms with Crippen LogP contribution in [-0.4, -0.2) is 89.2 Å². The van der Waals surface area contributed by atoms with Gasteiger partial charge in [0.05, 0.1) is 6.61 Å². The summed E-state index contributed by atoms with van der Waals surface area (Å²) in [6.07, 6.45) is 72.9. The zero-order valence-corrected chi connectivity index (χ0v) is 54.7. The molecule has 87 heavy (non-hydrogen) atoms. The summed E-state index contributed by atoms with van der Waals surface area (Å²) in [7, 11) is 0. The molecule has 6 atom stereocenters. The van der Waals surface area contributed by atoms with Crippen molar-refractivity contribution in [2.75, 3.05) is 13.2 Å². The fourth-order valence-corrected chi connectivity index (χ4v) is 9.79. The first kappa shape index (κ1) is 80.1. The molecule has 0 spiro atoms. The van der Waals surface area contributed by atoms with Crippen molar-refractivity contribution in [3.05, 3.63) is 122 Å². The lowest BCUT2D eigenvalue weighted by molar-refractivity contribution is -0.301. The molecular formula is C75H122O12. The van der Waals surface area contributed by atoms with Gasteiger partial charge in [-0.05, 0) is 128 Å². The number of ether oxygens (including phenoxy) is 5. The van der Waals surface area contributed by atoms with Gasteiger partial charge >= 0.3 is 23.9 Å². The summed E-state index contributed by atoms with van der Waals surface area (Å²) >= 11 is 0. The van der Waals surface area contributed by atoms with Gasteiger partial charge in [0.15, 0.2) is 24.6 Å². The Hall–Kier alpha value is -4.88. The number of hydrogen-bond donors (Lipinski definition) is 3. The molecule has 0 radical (unpaired) electrons. The molecule has 0 aromatic rings. The average molecular weight is 1220 g/mol. The molecule has 12 heteroatoms. The topological polar surface area (TPSA) is 175 Å². The van der Waals surface area contributed by atoms with E-state index in [1.54, 1.807) is 0 Å². The lowest BCUT2D eigenvalue weighted by Crippen LogP contribution is -2.61. The maximum absolute atomic E-state index is 13.2. The number of aliphatic hydroxyl groups excluding tert-OH is 2. The Labute approximate surface area is 528 Å². The molecule has 494 valence electrons. The lowest BCUT2D eigenvalue weighted by atomic mass is 9.98. The second-order valence-electron chi connectivity index (χ2n) is 23.0. The van der Waals surface area contributed by atoms with E-state index >= 15 is 0 Å². The number of esters is 3. The molecule has 1 rings (SSSR count). The average Bonchev–Trinajstić information content (AvgIpc) is 2.56. The quantitative estimate of drug-likeness (QED) is 0.0228. The molecule has 0 aromatic carbocycles. The van der Waals surface area contributed by atoms with Crippen molar-refractivity contribution in [3.8, 4) is 0 Å². The first-order valence-corrected chi connectivity index (χ1v) is 34.5. The molecule has 0 aromatic heterocycles. The van der Waals surface area contributed by atoms with Gasteiger partial charge in [-0.25, -0.2) is 4.79 Å². The fraction of sp³-hybridized carbons (Fsp3) is 0.680. The molecule has 1 aliphatic heterocycles. The molecular weight excluding hydrogens is 1090 g/mol. The molecule has 12 nitrogen and oxygen atoms in total. The molecule has 1 fully saturated rings. The number of carboxylic acids is 1. The molecule has 0 bridgehead atoms. The van der Waals surface area contributed by atoms with Gasteiger partial charge in [-0.2, -0.15) is 0 Å². The van der Waals surface area contributed by atoms with Gasteiger partial charge in [0, 0.05) is 19.3 Å². The van der Waals surface area contributed by atoms with Crippen LogP contribution in [0.5, 0.6) is 0 Å². The summed E-state index contributed by atoms with van der Waals surface area (Å²) in [5, 5.41) is 31.7. The third-order valence-corrected chi connectivity index (χ3v) is 15.0. The van der Waals surface area contributed by atoms with Crippen LogP contribution in [0.15, 0.2) is 122 Å². The number of carbonyl (C=O) groups excluding carboxylic acids is 3. The highest BCUT2D eigenvalue weighted by molar-refractivity contribution is 5.74. The Morgan fingerprint density at radius 1 is 0.391 bits per heavy atom. The Balaban J connectivity index is 2.68. The van der Waals surface area contributed by atoms with Crippen molar-refractivity contribution in [1.29, 1.82) is 0 Å². The van der Waals surface area contributed by atoms with Gasteiger partial charge in [-0.1, -0.05) is 251 Å². The summed E-state index contributed by atoms with van der Waals surface area (Å²) in [5.41, 5.74) is 0. The summed E-state index contributed by atoms with van der Waals surface area (Å²) in [5.74, 6) is -3.19. The number of carboxylic acid groups (broad SMARTS) is 1. The number of aliphatic carboxylic acids is 1. The van der Waals surface area contributed by atoms with Crippen molar-refractivity contribution in [2.24, 2.45) is 0 Å². The van der Waals surface area contributed by atoms with E-state index < -0.39 is 67.3 Å². The summed E-state index contributed by atoms with van der Waals surface area (Å²) < 4.78 is 28.6. The van der Waals surface area contributed by atoms with Crippen molar-refractivity contribution in [3.63, 3.8) is 0 Å². The predicted molar refractivity (Wildman–Crippen MR) is 358 cm³/mol. The highest BCUT2D eigenvalue weighted by atomic mass is 16.7. The molecule has 3 N–H and O–H groups in total. The standard InChI is InChI=1S/C75H122O12/c1-4-7-10-13-16-19-22-25-28-31-34-37-40-43-46-49-52-55-58-61-67(76)83-64-66(85-68(77)62-59-56-53-50-47-44-41-38-35-32-29-26-23-20-17-14-11-8-5-2)65-84-75-73(71(80)70(79)72(87-75)74(81)82)86-69(78)63-60-57-54-51-48-45-42-39-36-33-30-27-24-21-18-15-12-9-6-3/h7-8,10-11,16-17,19-20,25-30,34-35,37-38,43,46,66,70-73,75,79-80H,4-6,9,12-15,18,21-24,31-33,36,39-42,44-45,47-65H2,1-3H3,(H,81,82)/b10-7-,11-8-,19-16-,20-17-,28-25-,29-26-,30-27-,37-34-,38-35-,46-43-. The number of unbranched alkanes of at least 4 members (excludes halogenated alkanes) is 24. The predicted octanol–water partition coefficient (Wildman–Crippen LogP) is 19.1. The minimum absolute atomic E-state index is 0.0480. The van der Waals surface area contributed by atoms with Crippen LogP contribution in [0.2, 0.25) is 0 Å². The van der Waals surface area contributed by atoms with E-state index in [0.717, 1.165) is 148 Å². The first-order valence-electron chi connectivity index (χ1n) is 34.5. The van der Waals surface area contributed by atoms with Gasteiger partial charge in [-0.15, -0.1) is 0 Å². The Morgan fingerprint density at radius 3 is 1.13 bits per heavy atom. The summed E-state index contributed by atoms with van der Waals surface area (Å²) in [6.45, 7) is 5.75. The van der Waals surface area contributed by atoms with E-state index in [9.17, 15) is 34.5 Å². The Bertz CT molecular complexity index is 1970. The van der Waals surface area contributed by atoms with Crippen LogP contribution in [0.25, 0.3) is 0 Å². The Kier molecular flexibility index (Phi) is 56.5. The molecule has 0 saturated carbocycles. The first-order chi connectivity index (χ1) is 42.6. The minimum Gasteiger partial charge on any atom is -0.479 e. The second-order valence-corrected chi connectivity index (χ2v) is 23.0. The molecule has 1 saturated heterocycles. The highest BCUT2D eigenvalue weighted by Crippen LogP contribution is 2.27. The number of allylic oxidation sites excluding steroid dienone is 20.